The van der Waals surface area contributed by atoms with Crippen LogP contribution in [0.1, 0.15) is 77.7 Å². The summed E-state index contributed by atoms with van der Waals surface area (Å²) in [7, 11) is 1.92. The molecule has 4 heterocycles. The molecule has 10 nitrogen and oxygen atoms in total. The zero-order valence-corrected chi connectivity index (χ0v) is 21.3. The third kappa shape index (κ3) is 4.58. The highest BCUT2D eigenvalue weighted by molar-refractivity contribution is 5.70. The SMILES string of the molecule is [C-]#[N+]c1cnn(-c2ccccn2)c1N=Nc1c(C(C)(C)C)nn2c(C(CC)CCCC)nn(C)c12. The second kappa shape index (κ2) is 9.78. The molecule has 35 heavy (non-hydrogen) atoms. The van der Waals surface area contributed by atoms with Crippen molar-refractivity contribution in [3.8, 4) is 5.82 Å². The Kier molecular flexibility index (Phi) is 6.78. The first-order valence-electron chi connectivity index (χ1n) is 12.0. The maximum Gasteiger partial charge on any atom is 0.252 e. The number of fused-ring (bicyclic) bond motifs is 1. The molecule has 0 saturated heterocycles. The van der Waals surface area contributed by atoms with Crippen LogP contribution in [0.4, 0.5) is 17.2 Å². The molecule has 10 heteroatoms. The lowest BCUT2D eigenvalue weighted by Gasteiger charge is -2.16. The molecular weight excluding hydrogens is 440 g/mol. The Labute approximate surface area is 205 Å². The van der Waals surface area contributed by atoms with Gasteiger partial charge in [-0.05, 0) is 25.0 Å². The number of azo groups is 1. The molecule has 0 fully saturated rings. The molecule has 4 rings (SSSR count). The molecule has 4 aromatic rings. The minimum atomic E-state index is -0.271. The summed E-state index contributed by atoms with van der Waals surface area (Å²) >= 11 is 0. The molecule has 182 valence electrons. The highest BCUT2D eigenvalue weighted by Crippen LogP contribution is 2.39. The molecule has 0 aromatic carbocycles. The molecule has 0 aliphatic rings. The highest BCUT2D eigenvalue weighted by atomic mass is 15.5. The predicted octanol–water partition coefficient (Wildman–Crippen LogP) is 6.60. The fourth-order valence-corrected chi connectivity index (χ4v) is 4.16. The number of hydrogen-bond acceptors (Lipinski definition) is 6. The van der Waals surface area contributed by atoms with Crippen molar-refractivity contribution in [2.24, 2.45) is 17.3 Å². The normalized spacial score (nSPS) is 13.1. The zero-order chi connectivity index (χ0) is 25.2. The predicted molar refractivity (Wildman–Crippen MR) is 135 cm³/mol. The molecule has 0 saturated carbocycles. The van der Waals surface area contributed by atoms with Crippen LogP contribution in [0, 0.1) is 6.57 Å². The average Bonchev–Trinajstić information content (AvgIpc) is 3.52. The van der Waals surface area contributed by atoms with Crippen molar-refractivity contribution < 1.29 is 0 Å². The molecule has 1 unspecified atom stereocenters. The first-order chi connectivity index (χ1) is 16.8. The van der Waals surface area contributed by atoms with Crippen LogP contribution in [0.15, 0.2) is 40.8 Å². The quantitative estimate of drug-likeness (QED) is 0.213. The molecule has 0 aliphatic carbocycles. The Hall–Kier alpha value is -3.87. The molecule has 0 aliphatic heterocycles. The van der Waals surface area contributed by atoms with Crippen molar-refractivity contribution in [2.45, 2.75) is 71.6 Å². The van der Waals surface area contributed by atoms with Gasteiger partial charge in [-0.15, -0.1) is 10.2 Å². The van der Waals surface area contributed by atoms with Gasteiger partial charge in [-0.3, -0.25) is 0 Å². The van der Waals surface area contributed by atoms with Crippen molar-refractivity contribution in [1.29, 1.82) is 0 Å². The number of pyridine rings is 1. The van der Waals surface area contributed by atoms with E-state index in [1.807, 2.05) is 34.4 Å². The fourth-order valence-electron chi connectivity index (χ4n) is 4.16. The van der Waals surface area contributed by atoms with Gasteiger partial charge in [0.25, 0.3) is 5.69 Å². The van der Waals surface area contributed by atoms with Crippen molar-refractivity contribution >= 4 is 22.8 Å². The van der Waals surface area contributed by atoms with Crippen LogP contribution in [0.5, 0.6) is 0 Å². The molecular formula is C25H32N10. The van der Waals surface area contributed by atoms with Gasteiger partial charge in [0, 0.05) is 24.6 Å². The topological polar surface area (TPSA) is 94.9 Å². The van der Waals surface area contributed by atoms with Gasteiger partial charge in [0.05, 0.1) is 18.5 Å². The molecule has 0 bridgehead atoms. The number of aromatic nitrogens is 7. The van der Waals surface area contributed by atoms with Crippen molar-refractivity contribution in [3.05, 3.63) is 53.5 Å². The van der Waals surface area contributed by atoms with E-state index in [2.05, 4.69) is 59.8 Å². The Bertz CT molecular complexity index is 1380. The van der Waals surface area contributed by atoms with E-state index in [0.717, 1.165) is 42.8 Å². The number of hydrogen-bond donors (Lipinski definition) is 0. The maximum absolute atomic E-state index is 7.57. The second-order valence-electron chi connectivity index (χ2n) is 9.68. The number of nitrogens with zero attached hydrogens (tertiary/aromatic N) is 10. The third-order valence-corrected chi connectivity index (χ3v) is 6.04. The molecule has 0 amide bonds. The van der Waals surface area contributed by atoms with E-state index in [1.165, 1.54) is 10.9 Å². The molecule has 0 spiro atoms. The summed E-state index contributed by atoms with van der Waals surface area (Å²) < 4.78 is 5.30. The lowest BCUT2D eigenvalue weighted by atomic mass is 9.91. The smallest absolute Gasteiger partial charge is 0.247 e. The minimum absolute atomic E-state index is 0.271. The highest BCUT2D eigenvalue weighted by Gasteiger charge is 2.30. The number of aryl methyl sites for hydroxylation is 1. The van der Waals surface area contributed by atoms with Gasteiger partial charge < -0.3 is 0 Å². The van der Waals surface area contributed by atoms with Crippen molar-refractivity contribution in [2.75, 3.05) is 0 Å². The Morgan fingerprint density at radius 2 is 1.94 bits per heavy atom. The summed E-state index contributed by atoms with van der Waals surface area (Å²) in [5.41, 5.74) is 2.29. The summed E-state index contributed by atoms with van der Waals surface area (Å²) in [6, 6.07) is 5.50. The monoisotopic (exact) mass is 472 g/mol. The van der Waals surface area contributed by atoms with E-state index in [9.17, 15) is 0 Å². The van der Waals surface area contributed by atoms with Crippen molar-refractivity contribution in [3.63, 3.8) is 0 Å². The second-order valence-corrected chi connectivity index (χ2v) is 9.68. The lowest BCUT2D eigenvalue weighted by molar-refractivity contribution is 0.516. The van der Waals surface area contributed by atoms with Crippen LogP contribution in [-0.4, -0.2) is 34.2 Å². The van der Waals surface area contributed by atoms with Crippen LogP contribution in [0.25, 0.3) is 16.3 Å². The third-order valence-electron chi connectivity index (χ3n) is 6.04. The van der Waals surface area contributed by atoms with Gasteiger partial charge in [0.15, 0.2) is 28.8 Å². The average molecular weight is 473 g/mol. The van der Waals surface area contributed by atoms with Crippen molar-refractivity contribution in [1.82, 2.24) is 34.2 Å². The van der Waals surface area contributed by atoms with Crippen LogP contribution >= 0.6 is 0 Å². The molecule has 1 atom stereocenters. The van der Waals surface area contributed by atoms with Gasteiger partial charge in [-0.2, -0.15) is 19.8 Å². The van der Waals surface area contributed by atoms with Gasteiger partial charge in [-0.25, -0.2) is 19.2 Å². The summed E-state index contributed by atoms with van der Waals surface area (Å²) in [5, 5.41) is 23.3. The largest absolute Gasteiger partial charge is 0.252 e. The van der Waals surface area contributed by atoms with E-state index in [-0.39, 0.29) is 5.41 Å². The van der Waals surface area contributed by atoms with Crippen LogP contribution in [0.3, 0.4) is 0 Å². The van der Waals surface area contributed by atoms with E-state index in [4.69, 9.17) is 16.8 Å². The summed E-state index contributed by atoms with van der Waals surface area (Å²) in [6.45, 7) is 18.3. The fraction of sp³-hybridized carbons (Fsp3) is 0.480. The van der Waals surface area contributed by atoms with Crippen LogP contribution in [-0.2, 0) is 12.5 Å². The van der Waals surface area contributed by atoms with Gasteiger partial charge in [0.2, 0.25) is 0 Å². The first kappa shape index (κ1) is 24.3. The Balaban J connectivity index is 1.88. The Morgan fingerprint density at radius 3 is 2.57 bits per heavy atom. The zero-order valence-electron chi connectivity index (χ0n) is 21.3. The first-order valence-corrected chi connectivity index (χ1v) is 12.0. The minimum Gasteiger partial charge on any atom is -0.247 e. The molecule has 4 aromatic heterocycles. The standard InChI is InChI=1S/C25H32N10/c1-8-10-13-17(9-2)22-32-33(7)24-20(21(25(3,4)5)31-35(22)24)29-30-23-18(26-6)16-28-34(23)19-14-11-12-15-27-19/h11-12,14-17H,8-10,13H2,1-5,7H3. The molecule has 0 N–H and O–H groups in total. The number of unbranched alkanes of at least 4 members (excludes halogenated alkanes) is 1. The summed E-state index contributed by atoms with van der Waals surface area (Å²) in [4.78, 5) is 7.93. The number of rotatable bonds is 8. The van der Waals surface area contributed by atoms with Gasteiger partial charge >= 0.3 is 0 Å². The molecule has 0 radical (unpaired) electrons. The Morgan fingerprint density at radius 1 is 1.14 bits per heavy atom. The van der Waals surface area contributed by atoms with E-state index in [1.54, 1.807) is 6.20 Å². The van der Waals surface area contributed by atoms with E-state index >= 15 is 0 Å². The summed E-state index contributed by atoms with van der Waals surface area (Å²) in [6.07, 6.45) is 7.51. The van der Waals surface area contributed by atoms with E-state index in [0.29, 0.717) is 28.9 Å². The maximum atomic E-state index is 7.57. The van der Waals surface area contributed by atoms with Gasteiger partial charge in [0.1, 0.15) is 0 Å². The van der Waals surface area contributed by atoms with Crippen LogP contribution < -0.4 is 0 Å². The lowest BCUT2D eigenvalue weighted by Crippen LogP contribution is -2.13. The summed E-state index contributed by atoms with van der Waals surface area (Å²) in [5.74, 6) is 2.16. The van der Waals surface area contributed by atoms with Crippen LogP contribution in [0.2, 0.25) is 0 Å². The van der Waals surface area contributed by atoms with E-state index < -0.39 is 0 Å². The van der Waals surface area contributed by atoms with Gasteiger partial charge in [-0.1, -0.05) is 53.5 Å².